The molecule has 3 rings (SSSR count). The Bertz CT molecular complexity index is 729. The summed E-state index contributed by atoms with van der Waals surface area (Å²) in [6.45, 7) is 0.450. The van der Waals surface area contributed by atoms with E-state index in [2.05, 4.69) is 5.32 Å². The minimum Gasteiger partial charge on any atom is -0.493 e. The van der Waals surface area contributed by atoms with E-state index in [9.17, 15) is 14.7 Å². The number of carbonyl (C=O) groups is 2. The fourth-order valence-corrected chi connectivity index (χ4v) is 2.94. The van der Waals surface area contributed by atoms with Crippen LogP contribution in [0, 0.1) is 0 Å². The molecule has 2 atom stereocenters. The molecular weight excluding hydrogens is 306 g/mol. The van der Waals surface area contributed by atoms with Crippen molar-refractivity contribution < 1.29 is 19.4 Å². The third-order valence-electron chi connectivity index (χ3n) is 4.17. The first-order valence-corrected chi connectivity index (χ1v) is 7.94. The number of carbonyl (C=O) groups excluding carboxylic acids is 1. The van der Waals surface area contributed by atoms with E-state index >= 15 is 0 Å². The minimum atomic E-state index is -1.03. The van der Waals surface area contributed by atoms with Crippen LogP contribution >= 0.6 is 0 Å². The molecule has 0 radical (unpaired) electrons. The molecule has 5 nitrogen and oxygen atoms in total. The van der Waals surface area contributed by atoms with Gasteiger partial charge in [0.25, 0.3) is 0 Å². The Morgan fingerprint density at radius 1 is 1.12 bits per heavy atom. The number of hydrogen-bond donors (Lipinski definition) is 2. The van der Waals surface area contributed by atoms with Gasteiger partial charge in [0.05, 0.1) is 12.5 Å². The molecule has 124 valence electrons. The van der Waals surface area contributed by atoms with Crippen LogP contribution in [0.1, 0.15) is 23.5 Å². The number of rotatable bonds is 5. The SMILES string of the molecule is O=C(N[C@H](Cc1ccccc1)C(=O)O)C1CCOc2ccccc21. The zero-order valence-corrected chi connectivity index (χ0v) is 13.1. The highest BCUT2D eigenvalue weighted by Gasteiger charge is 2.30. The van der Waals surface area contributed by atoms with Crippen LogP contribution in [0.2, 0.25) is 0 Å². The van der Waals surface area contributed by atoms with Crippen molar-refractivity contribution in [2.45, 2.75) is 24.8 Å². The van der Waals surface area contributed by atoms with Gasteiger partial charge in [-0.15, -0.1) is 0 Å². The van der Waals surface area contributed by atoms with Gasteiger partial charge in [-0.05, 0) is 18.1 Å². The maximum Gasteiger partial charge on any atom is 0.326 e. The Balaban J connectivity index is 1.74. The van der Waals surface area contributed by atoms with Crippen LogP contribution in [0.4, 0.5) is 0 Å². The molecule has 2 aromatic carbocycles. The van der Waals surface area contributed by atoms with Gasteiger partial charge >= 0.3 is 5.97 Å². The average molecular weight is 325 g/mol. The van der Waals surface area contributed by atoms with Crippen LogP contribution in [0.25, 0.3) is 0 Å². The number of amides is 1. The second kappa shape index (κ2) is 7.17. The quantitative estimate of drug-likeness (QED) is 0.885. The molecule has 5 heteroatoms. The van der Waals surface area contributed by atoms with Gasteiger partial charge in [0.15, 0.2) is 0 Å². The Labute approximate surface area is 140 Å². The molecule has 0 saturated carbocycles. The zero-order valence-electron chi connectivity index (χ0n) is 13.1. The summed E-state index contributed by atoms with van der Waals surface area (Å²) in [5.41, 5.74) is 1.68. The Morgan fingerprint density at radius 3 is 2.58 bits per heavy atom. The standard InChI is InChI=1S/C19H19NO4/c21-18(15-10-11-24-17-9-5-4-8-14(15)17)20-16(19(22)23)12-13-6-2-1-3-7-13/h1-9,15-16H,10-12H2,(H,20,21)(H,22,23)/t15?,16-/m1/s1. The van der Waals surface area contributed by atoms with Gasteiger partial charge in [0.1, 0.15) is 11.8 Å². The molecule has 2 N–H and O–H groups in total. The van der Waals surface area contributed by atoms with Crippen molar-refractivity contribution in [1.82, 2.24) is 5.32 Å². The van der Waals surface area contributed by atoms with E-state index in [1.165, 1.54) is 0 Å². The van der Waals surface area contributed by atoms with Crippen molar-refractivity contribution in [1.29, 1.82) is 0 Å². The normalized spacial score (nSPS) is 17.2. The van der Waals surface area contributed by atoms with Gasteiger partial charge in [-0.3, -0.25) is 4.79 Å². The molecular formula is C19H19NO4. The molecule has 0 fully saturated rings. The molecule has 1 amide bonds. The average Bonchev–Trinajstić information content (AvgIpc) is 2.61. The number of carboxylic acids is 1. The van der Waals surface area contributed by atoms with Gasteiger partial charge < -0.3 is 15.2 Å². The van der Waals surface area contributed by atoms with Gasteiger partial charge in [-0.25, -0.2) is 4.79 Å². The van der Waals surface area contributed by atoms with Crippen molar-refractivity contribution in [2.75, 3.05) is 6.61 Å². The highest BCUT2D eigenvalue weighted by molar-refractivity contribution is 5.89. The van der Waals surface area contributed by atoms with E-state index in [0.29, 0.717) is 18.8 Å². The Hall–Kier alpha value is -2.82. The molecule has 0 aliphatic carbocycles. The first-order chi connectivity index (χ1) is 11.6. The lowest BCUT2D eigenvalue weighted by molar-refractivity contribution is -0.142. The predicted octanol–water partition coefficient (Wildman–Crippen LogP) is 2.36. The first-order valence-electron chi connectivity index (χ1n) is 7.94. The van der Waals surface area contributed by atoms with E-state index in [-0.39, 0.29) is 18.2 Å². The second-order valence-corrected chi connectivity index (χ2v) is 5.82. The molecule has 0 bridgehead atoms. The summed E-state index contributed by atoms with van der Waals surface area (Å²) >= 11 is 0. The van der Waals surface area contributed by atoms with Crippen LogP contribution in [0.5, 0.6) is 5.75 Å². The smallest absolute Gasteiger partial charge is 0.326 e. The zero-order chi connectivity index (χ0) is 16.9. The molecule has 0 saturated heterocycles. The largest absolute Gasteiger partial charge is 0.493 e. The van der Waals surface area contributed by atoms with E-state index in [0.717, 1.165) is 11.1 Å². The topological polar surface area (TPSA) is 75.6 Å². The molecule has 0 aromatic heterocycles. The third-order valence-corrected chi connectivity index (χ3v) is 4.17. The van der Waals surface area contributed by atoms with Gasteiger partial charge in [0, 0.05) is 12.0 Å². The lowest BCUT2D eigenvalue weighted by Gasteiger charge is -2.26. The van der Waals surface area contributed by atoms with Gasteiger partial charge in [0.2, 0.25) is 5.91 Å². The summed E-state index contributed by atoms with van der Waals surface area (Å²) in [6.07, 6.45) is 0.799. The van der Waals surface area contributed by atoms with Crippen molar-refractivity contribution in [2.24, 2.45) is 0 Å². The monoisotopic (exact) mass is 325 g/mol. The molecule has 24 heavy (non-hydrogen) atoms. The number of benzene rings is 2. The van der Waals surface area contributed by atoms with Gasteiger partial charge in [-0.1, -0.05) is 48.5 Å². The molecule has 1 aliphatic rings. The number of para-hydroxylation sites is 1. The van der Waals surface area contributed by atoms with E-state index in [4.69, 9.17) is 4.74 Å². The molecule has 0 spiro atoms. The van der Waals surface area contributed by atoms with Crippen molar-refractivity contribution >= 4 is 11.9 Å². The third kappa shape index (κ3) is 3.56. The predicted molar refractivity (Wildman–Crippen MR) is 89.0 cm³/mol. The maximum absolute atomic E-state index is 12.6. The van der Waals surface area contributed by atoms with Crippen LogP contribution in [-0.4, -0.2) is 29.6 Å². The summed E-state index contributed by atoms with van der Waals surface area (Å²) in [5, 5.41) is 12.1. The van der Waals surface area contributed by atoms with Crippen molar-refractivity contribution in [3.05, 3.63) is 65.7 Å². The van der Waals surface area contributed by atoms with E-state index in [1.54, 1.807) is 0 Å². The molecule has 1 aliphatic heterocycles. The highest BCUT2D eigenvalue weighted by Crippen LogP contribution is 2.33. The number of aliphatic carboxylic acids is 1. The number of nitrogens with one attached hydrogen (secondary N) is 1. The van der Waals surface area contributed by atoms with Crippen LogP contribution < -0.4 is 10.1 Å². The van der Waals surface area contributed by atoms with E-state index in [1.807, 2.05) is 54.6 Å². The van der Waals surface area contributed by atoms with Crippen LogP contribution in [0.3, 0.4) is 0 Å². The van der Waals surface area contributed by atoms with Crippen molar-refractivity contribution in [3.63, 3.8) is 0 Å². The fraction of sp³-hybridized carbons (Fsp3) is 0.263. The number of ether oxygens (including phenoxy) is 1. The summed E-state index contributed by atoms with van der Waals surface area (Å²) in [5.74, 6) is -0.993. The minimum absolute atomic E-state index is 0.257. The first kappa shape index (κ1) is 16.1. The number of carboxylic acid groups (broad SMARTS) is 1. The molecule has 2 aromatic rings. The van der Waals surface area contributed by atoms with Gasteiger partial charge in [-0.2, -0.15) is 0 Å². The maximum atomic E-state index is 12.6. The molecule has 1 unspecified atom stereocenters. The lowest BCUT2D eigenvalue weighted by Crippen LogP contribution is -2.45. The Kier molecular flexibility index (Phi) is 4.79. The molecule has 1 heterocycles. The second-order valence-electron chi connectivity index (χ2n) is 5.82. The van der Waals surface area contributed by atoms with Crippen LogP contribution in [-0.2, 0) is 16.0 Å². The number of fused-ring (bicyclic) bond motifs is 1. The lowest BCUT2D eigenvalue weighted by atomic mass is 9.92. The summed E-state index contributed by atoms with van der Waals surface area (Å²) in [4.78, 5) is 24.2. The van der Waals surface area contributed by atoms with Crippen LogP contribution in [0.15, 0.2) is 54.6 Å². The highest BCUT2D eigenvalue weighted by atomic mass is 16.5. The Morgan fingerprint density at radius 2 is 1.83 bits per heavy atom. The fourth-order valence-electron chi connectivity index (χ4n) is 2.94. The van der Waals surface area contributed by atoms with E-state index < -0.39 is 12.0 Å². The summed E-state index contributed by atoms with van der Waals surface area (Å²) < 4.78 is 5.56. The summed E-state index contributed by atoms with van der Waals surface area (Å²) in [6, 6.07) is 15.7. The summed E-state index contributed by atoms with van der Waals surface area (Å²) in [7, 11) is 0. The van der Waals surface area contributed by atoms with Crippen molar-refractivity contribution in [3.8, 4) is 5.75 Å². The number of hydrogen-bond acceptors (Lipinski definition) is 3.